The van der Waals surface area contributed by atoms with Crippen LogP contribution in [0.3, 0.4) is 0 Å². The second-order valence-corrected chi connectivity index (χ2v) is 8.61. The number of carbonyl (C=O) groups excluding carboxylic acids is 1. The lowest BCUT2D eigenvalue weighted by Gasteiger charge is -2.12. The molecule has 3 heterocycles. The minimum Gasteiger partial charge on any atom is -0.292 e. The van der Waals surface area contributed by atoms with Gasteiger partial charge in [0.2, 0.25) is 0 Å². The van der Waals surface area contributed by atoms with E-state index in [1.54, 1.807) is 52.9 Å². The van der Waals surface area contributed by atoms with Crippen LogP contribution >= 0.6 is 0 Å². The fourth-order valence-corrected chi connectivity index (χ4v) is 4.05. The van der Waals surface area contributed by atoms with Crippen LogP contribution in [0.2, 0.25) is 0 Å². The summed E-state index contributed by atoms with van der Waals surface area (Å²) in [6.07, 6.45) is -2.18. The number of benzene rings is 2. The molecule has 0 bridgehead atoms. The number of nitrogens with zero attached hydrogens (tertiary/aromatic N) is 6. The lowest BCUT2D eigenvalue weighted by Crippen LogP contribution is -2.23. The molecule has 0 unspecified atom stereocenters. The molecule has 40 heavy (non-hydrogen) atoms. The molecule has 0 saturated heterocycles. The van der Waals surface area contributed by atoms with Gasteiger partial charge in [-0.25, -0.2) is 14.2 Å². The van der Waals surface area contributed by atoms with E-state index < -0.39 is 18.6 Å². The standard InChI is InChI=1S/C26H23F3N8O.C2H6/c1-17-23(18-15-30-35(2)16-18)34-37(21-11-7-4-8-12-21)24(17)32-25(38)31-22-13-19(14-26(27,28)29)33-36(22)20-9-5-3-6-10-20;1-2/h3-13,15-16H,14H2,1-2H3,(H2,31,32,38);1-2H3. The van der Waals surface area contributed by atoms with E-state index in [1.165, 1.54) is 10.7 Å². The molecule has 0 aliphatic rings. The number of para-hydroxylation sites is 2. The summed E-state index contributed by atoms with van der Waals surface area (Å²) in [6, 6.07) is 18.4. The Labute approximate surface area is 229 Å². The van der Waals surface area contributed by atoms with Crippen molar-refractivity contribution in [2.24, 2.45) is 7.05 Å². The number of aromatic nitrogens is 6. The highest BCUT2D eigenvalue weighted by Gasteiger charge is 2.30. The highest BCUT2D eigenvalue weighted by atomic mass is 19.4. The largest absolute Gasteiger partial charge is 0.394 e. The Morgan fingerprint density at radius 1 is 0.900 bits per heavy atom. The summed E-state index contributed by atoms with van der Waals surface area (Å²) < 4.78 is 43.7. The van der Waals surface area contributed by atoms with Crippen molar-refractivity contribution < 1.29 is 18.0 Å². The third-order valence-electron chi connectivity index (χ3n) is 5.72. The molecule has 5 aromatic rings. The van der Waals surface area contributed by atoms with E-state index >= 15 is 0 Å². The van der Waals surface area contributed by atoms with Gasteiger partial charge in [-0.2, -0.15) is 28.5 Å². The van der Waals surface area contributed by atoms with E-state index in [-0.39, 0.29) is 11.5 Å². The van der Waals surface area contributed by atoms with E-state index in [0.717, 1.165) is 5.56 Å². The van der Waals surface area contributed by atoms with Crippen LogP contribution in [-0.4, -0.2) is 41.5 Å². The molecule has 3 aromatic heterocycles. The summed E-state index contributed by atoms with van der Waals surface area (Å²) in [7, 11) is 1.79. The van der Waals surface area contributed by atoms with Gasteiger partial charge in [-0.1, -0.05) is 50.2 Å². The molecule has 12 heteroatoms. The molecular weight excluding hydrogens is 521 g/mol. The number of carbonyl (C=O) groups is 1. The molecular formula is C28H29F3N8O. The Morgan fingerprint density at radius 3 is 2.05 bits per heavy atom. The van der Waals surface area contributed by atoms with Gasteiger partial charge in [0.25, 0.3) is 0 Å². The Kier molecular flexibility index (Phi) is 8.37. The average Bonchev–Trinajstić information content (AvgIpc) is 3.63. The SMILES string of the molecule is CC.Cc1c(-c2cnn(C)c2)nn(-c2ccccc2)c1NC(=O)Nc1cc(CC(F)(F)F)nn1-c1ccccc1. The first-order valence-electron chi connectivity index (χ1n) is 12.6. The van der Waals surface area contributed by atoms with Crippen LogP contribution in [-0.2, 0) is 13.5 Å². The molecule has 0 saturated carbocycles. The van der Waals surface area contributed by atoms with Crippen LogP contribution in [0.5, 0.6) is 0 Å². The maximum Gasteiger partial charge on any atom is 0.394 e. The number of anilines is 2. The summed E-state index contributed by atoms with van der Waals surface area (Å²) in [5.41, 5.74) is 3.07. The van der Waals surface area contributed by atoms with E-state index in [1.807, 2.05) is 57.3 Å². The molecule has 208 valence electrons. The molecule has 5 rings (SSSR count). The van der Waals surface area contributed by atoms with Crippen molar-refractivity contribution in [2.75, 3.05) is 10.6 Å². The van der Waals surface area contributed by atoms with Gasteiger partial charge >= 0.3 is 12.2 Å². The summed E-state index contributed by atoms with van der Waals surface area (Å²) in [6.45, 7) is 5.82. The first-order valence-corrected chi connectivity index (χ1v) is 12.6. The second-order valence-electron chi connectivity index (χ2n) is 8.61. The lowest BCUT2D eigenvalue weighted by molar-refractivity contribution is -0.127. The number of nitrogens with one attached hydrogen (secondary N) is 2. The second kappa shape index (κ2) is 11.9. The van der Waals surface area contributed by atoms with Gasteiger partial charge in [0.05, 0.1) is 29.7 Å². The Morgan fingerprint density at radius 2 is 1.50 bits per heavy atom. The number of hydrogen-bond donors (Lipinski definition) is 2. The molecule has 0 aliphatic heterocycles. The third-order valence-corrected chi connectivity index (χ3v) is 5.72. The van der Waals surface area contributed by atoms with Crippen LogP contribution in [0.1, 0.15) is 25.1 Å². The number of hydrogen-bond acceptors (Lipinski definition) is 4. The van der Waals surface area contributed by atoms with E-state index in [4.69, 9.17) is 5.10 Å². The monoisotopic (exact) mass is 550 g/mol. The predicted octanol–water partition coefficient (Wildman–Crippen LogP) is 6.54. The van der Waals surface area contributed by atoms with Crippen LogP contribution in [0.25, 0.3) is 22.6 Å². The maximum absolute atomic E-state index is 13.2. The van der Waals surface area contributed by atoms with Crippen molar-refractivity contribution in [1.29, 1.82) is 0 Å². The number of amides is 2. The molecule has 2 N–H and O–H groups in total. The fraction of sp³-hybridized carbons (Fsp3) is 0.214. The first kappa shape index (κ1) is 28.1. The summed E-state index contributed by atoms with van der Waals surface area (Å²) in [4.78, 5) is 13.2. The number of rotatable bonds is 6. The third kappa shape index (κ3) is 6.40. The van der Waals surface area contributed by atoms with Crippen molar-refractivity contribution in [3.05, 3.63) is 90.4 Å². The first-order chi connectivity index (χ1) is 19.2. The van der Waals surface area contributed by atoms with Crippen LogP contribution in [0.4, 0.5) is 29.6 Å². The van der Waals surface area contributed by atoms with Gasteiger partial charge < -0.3 is 0 Å². The minimum absolute atomic E-state index is 0.0869. The zero-order valence-corrected chi connectivity index (χ0v) is 22.4. The zero-order chi connectivity index (χ0) is 28.9. The van der Waals surface area contributed by atoms with Gasteiger partial charge in [0.15, 0.2) is 0 Å². The van der Waals surface area contributed by atoms with Crippen molar-refractivity contribution in [2.45, 2.75) is 33.4 Å². The predicted molar refractivity (Wildman–Crippen MR) is 148 cm³/mol. The minimum atomic E-state index is -4.45. The number of aryl methyl sites for hydroxylation is 1. The molecule has 0 spiro atoms. The molecule has 0 fully saturated rings. The number of alkyl halides is 3. The number of halogens is 3. The molecule has 2 aromatic carbocycles. The summed E-state index contributed by atoms with van der Waals surface area (Å²) in [5, 5.41) is 18.5. The molecule has 2 amide bonds. The average molecular weight is 551 g/mol. The van der Waals surface area contributed by atoms with Gasteiger partial charge in [-0.15, -0.1) is 0 Å². The zero-order valence-electron chi connectivity index (χ0n) is 22.4. The fourth-order valence-electron chi connectivity index (χ4n) is 4.05. The van der Waals surface area contributed by atoms with Crippen molar-refractivity contribution in [1.82, 2.24) is 29.3 Å². The van der Waals surface area contributed by atoms with Crippen LogP contribution in [0, 0.1) is 6.92 Å². The lowest BCUT2D eigenvalue weighted by atomic mass is 10.1. The molecule has 0 atom stereocenters. The summed E-state index contributed by atoms with van der Waals surface area (Å²) in [5.74, 6) is 0.484. The van der Waals surface area contributed by atoms with Crippen molar-refractivity contribution in [3.63, 3.8) is 0 Å². The highest BCUT2D eigenvalue weighted by molar-refractivity contribution is 6.00. The normalized spacial score (nSPS) is 11.1. The maximum atomic E-state index is 13.2. The molecule has 9 nitrogen and oxygen atoms in total. The Balaban J connectivity index is 0.00000181. The molecule has 0 radical (unpaired) electrons. The van der Waals surface area contributed by atoms with Gasteiger partial charge in [-0.3, -0.25) is 15.3 Å². The van der Waals surface area contributed by atoms with Gasteiger partial charge in [-0.05, 0) is 31.2 Å². The molecule has 0 aliphatic carbocycles. The van der Waals surface area contributed by atoms with E-state index in [9.17, 15) is 18.0 Å². The number of urea groups is 1. The van der Waals surface area contributed by atoms with Crippen molar-refractivity contribution >= 4 is 17.7 Å². The Hall–Kier alpha value is -4.87. The van der Waals surface area contributed by atoms with Gasteiger partial charge in [0.1, 0.15) is 17.3 Å². The quantitative estimate of drug-likeness (QED) is 0.251. The van der Waals surface area contributed by atoms with Crippen molar-refractivity contribution in [3.8, 4) is 22.6 Å². The van der Waals surface area contributed by atoms with Gasteiger partial charge in [0, 0.05) is 30.4 Å². The Bertz CT molecular complexity index is 1570. The van der Waals surface area contributed by atoms with Crippen LogP contribution < -0.4 is 10.6 Å². The smallest absolute Gasteiger partial charge is 0.292 e. The van der Waals surface area contributed by atoms with E-state index in [0.29, 0.717) is 28.5 Å². The summed E-state index contributed by atoms with van der Waals surface area (Å²) >= 11 is 0. The topological polar surface area (TPSA) is 94.6 Å². The van der Waals surface area contributed by atoms with Crippen LogP contribution in [0.15, 0.2) is 79.1 Å². The highest BCUT2D eigenvalue weighted by Crippen LogP contribution is 2.31. The van der Waals surface area contributed by atoms with E-state index in [2.05, 4.69) is 20.8 Å².